The second-order valence-corrected chi connectivity index (χ2v) is 12.0. The van der Waals surface area contributed by atoms with Gasteiger partial charge in [0.1, 0.15) is 11.6 Å². The summed E-state index contributed by atoms with van der Waals surface area (Å²) in [5.74, 6) is -2.49. The quantitative estimate of drug-likeness (QED) is 0.495. The van der Waals surface area contributed by atoms with Gasteiger partial charge in [-0.05, 0) is 37.0 Å². The van der Waals surface area contributed by atoms with E-state index in [1.165, 1.54) is 4.90 Å². The molecule has 1 spiro atoms. The molecule has 0 bridgehead atoms. The number of amides is 3. The van der Waals surface area contributed by atoms with Gasteiger partial charge in [-0.15, -0.1) is 0 Å². The number of nitrogens with zero attached hydrogens (tertiary/aromatic N) is 3. The van der Waals surface area contributed by atoms with E-state index in [1.807, 2.05) is 80.6 Å². The number of benzene rings is 2. The van der Waals surface area contributed by atoms with Crippen LogP contribution in [0.2, 0.25) is 5.02 Å². The minimum atomic E-state index is -1.36. The molecule has 1 unspecified atom stereocenters. The predicted octanol–water partition coefficient (Wildman–Crippen LogP) is 3.89. The van der Waals surface area contributed by atoms with Crippen LogP contribution < -0.4 is 4.90 Å². The first-order valence-corrected chi connectivity index (χ1v) is 15.0. The molecule has 0 radical (unpaired) electrons. The third kappa shape index (κ3) is 4.31. The first kappa shape index (κ1) is 28.6. The number of fused-ring (bicyclic) bond motifs is 2. The molecule has 2 saturated heterocycles. The maximum atomic E-state index is 14.6. The molecule has 6 rings (SSSR count). The maximum Gasteiger partial charge on any atom is 0.253 e. The Bertz CT molecular complexity index is 1440. The van der Waals surface area contributed by atoms with Gasteiger partial charge in [-0.1, -0.05) is 85.3 Å². The van der Waals surface area contributed by atoms with Crippen LogP contribution in [0.4, 0.5) is 5.69 Å². The standard InChI is InChI=1S/C33H36ClN3O5/c1-3-32-15-8-17-35(21-23-12-5-4-6-13-23)29(39)25(32)26-30(40)37(19-10-20-38)28-31(41)36(18-9-16-33(26,28)42-32)27-22(2)11-7-14-24(27)34/h4-9,11-16,25-26,28,38H,3,10,17-21H2,1-2H3/t25-,26+,28?,32+,33+/m1/s1. The summed E-state index contributed by atoms with van der Waals surface area (Å²) in [6, 6.07) is 14.2. The summed E-state index contributed by atoms with van der Waals surface area (Å²) >= 11 is 6.62. The molecule has 5 atom stereocenters. The number of aliphatic hydroxyl groups excluding tert-OH is 1. The van der Waals surface area contributed by atoms with E-state index in [9.17, 15) is 19.5 Å². The fraction of sp³-hybridized carbons (Fsp3) is 0.424. The fourth-order valence-corrected chi connectivity index (χ4v) is 7.73. The average molecular weight is 590 g/mol. The number of hydrogen-bond acceptors (Lipinski definition) is 5. The van der Waals surface area contributed by atoms with Gasteiger partial charge in [-0.25, -0.2) is 0 Å². The highest BCUT2D eigenvalue weighted by atomic mass is 35.5. The summed E-state index contributed by atoms with van der Waals surface area (Å²) < 4.78 is 7.02. The highest BCUT2D eigenvalue weighted by Crippen LogP contribution is 2.58. The van der Waals surface area contributed by atoms with Crippen molar-refractivity contribution in [1.82, 2.24) is 9.80 Å². The highest BCUT2D eigenvalue weighted by Gasteiger charge is 2.75. The number of hydrogen-bond donors (Lipinski definition) is 1. The van der Waals surface area contributed by atoms with Gasteiger partial charge >= 0.3 is 0 Å². The van der Waals surface area contributed by atoms with Crippen LogP contribution in [0.15, 0.2) is 72.8 Å². The lowest BCUT2D eigenvalue weighted by Gasteiger charge is -2.38. The number of carbonyl (C=O) groups is 3. The van der Waals surface area contributed by atoms with Gasteiger partial charge in [0.15, 0.2) is 0 Å². The molecule has 4 aliphatic rings. The van der Waals surface area contributed by atoms with Crippen molar-refractivity contribution >= 4 is 35.0 Å². The van der Waals surface area contributed by atoms with Crippen molar-refractivity contribution in [2.24, 2.45) is 11.8 Å². The number of aryl methyl sites for hydroxylation is 1. The van der Waals surface area contributed by atoms with Gasteiger partial charge < -0.3 is 24.5 Å². The van der Waals surface area contributed by atoms with Gasteiger partial charge in [-0.2, -0.15) is 0 Å². The molecule has 3 amide bonds. The first-order valence-electron chi connectivity index (χ1n) is 14.6. The van der Waals surface area contributed by atoms with Crippen molar-refractivity contribution in [2.45, 2.75) is 50.5 Å². The second-order valence-electron chi connectivity index (χ2n) is 11.6. The summed E-state index contributed by atoms with van der Waals surface area (Å²) in [4.78, 5) is 48.5. The van der Waals surface area contributed by atoms with Gasteiger partial charge in [-0.3, -0.25) is 14.4 Å². The molecule has 220 valence electrons. The van der Waals surface area contributed by atoms with Crippen LogP contribution in [0.1, 0.15) is 30.9 Å². The third-order valence-electron chi connectivity index (χ3n) is 9.25. The van der Waals surface area contributed by atoms with Crippen molar-refractivity contribution in [2.75, 3.05) is 31.1 Å². The molecule has 0 aromatic heterocycles. The number of para-hydroxylation sites is 1. The van der Waals surface area contributed by atoms with Crippen LogP contribution in [0.3, 0.4) is 0 Å². The largest absolute Gasteiger partial charge is 0.396 e. The first-order chi connectivity index (χ1) is 20.3. The average Bonchev–Trinajstić information content (AvgIpc) is 3.27. The van der Waals surface area contributed by atoms with Crippen molar-refractivity contribution < 1.29 is 24.2 Å². The minimum absolute atomic E-state index is 0.138. The molecule has 1 N–H and O–H groups in total. The van der Waals surface area contributed by atoms with E-state index in [0.29, 0.717) is 36.6 Å². The van der Waals surface area contributed by atoms with E-state index in [2.05, 4.69) is 0 Å². The number of rotatable bonds is 7. The van der Waals surface area contributed by atoms with E-state index < -0.39 is 29.1 Å². The topological polar surface area (TPSA) is 90.4 Å². The van der Waals surface area contributed by atoms with Crippen molar-refractivity contribution in [3.05, 3.63) is 89.0 Å². The number of anilines is 1. The molecule has 2 fully saturated rings. The number of carbonyl (C=O) groups excluding carboxylic acids is 3. The number of likely N-dealkylation sites (tertiary alicyclic amines) is 1. The predicted molar refractivity (Wildman–Crippen MR) is 160 cm³/mol. The van der Waals surface area contributed by atoms with Crippen LogP contribution >= 0.6 is 11.6 Å². The molecule has 8 nitrogen and oxygen atoms in total. The van der Waals surface area contributed by atoms with Crippen LogP contribution in [0, 0.1) is 18.8 Å². The third-order valence-corrected chi connectivity index (χ3v) is 9.56. The molecule has 9 heteroatoms. The monoisotopic (exact) mass is 589 g/mol. The smallest absolute Gasteiger partial charge is 0.253 e. The van der Waals surface area contributed by atoms with E-state index in [1.54, 1.807) is 15.9 Å². The Morgan fingerprint density at radius 2 is 1.71 bits per heavy atom. The van der Waals surface area contributed by atoms with E-state index in [0.717, 1.165) is 11.1 Å². The Balaban J connectivity index is 1.46. The number of ether oxygens (including phenoxy) is 1. The van der Waals surface area contributed by atoms with Crippen LogP contribution in [-0.4, -0.2) is 76.1 Å². The summed E-state index contributed by atoms with van der Waals surface area (Å²) in [5, 5.41) is 10.1. The summed E-state index contributed by atoms with van der Waals surface area (Å²) in [7, 11) is 0. The van der Waals surface area contributed by atoms with E-state index >= 15 is 0 Å². The van der Waals surface area contributed by atoms with E-state index in [4.69, 9.17) is 16.3 Å². The molecule has 2 aromatic carbocycles. The van der Waals surface area contributed by atoms with Gasteiger partial charge in [0, 0.05) is 32.8 Å². The van der Waals surface area contributed by atoms with Gasteiger partial charge in [0.25, 0.3) is 5.91 Å². The molecular weight excluding hydrogens is 554 g/mol. The Morgan fingerprint density at radius 1 is 0.952 bits per heavy atom. The lowest BCUT2D eigenvalue weighted by molar-refractivity contribution is -0.150. The summed E-state index contributed by atoms with van der Waals surface area (Å²) in [6.07, 6.45) is 8.36. The Morgan fingerprint density at radius 3 is 2.43 bits per heavy atom. The highest BCUT2D eigenvalue weighted by molar-refractivity contribution is 6.34. The lowest BCUT2D eigenvalue weighted by Crippen LogP contribution is -2.56. The van der Waals surface area contributed by atoms with Gasteiger partial charge in [0.05, 0.1) is 28.1 Å². The molecule has 4 aliphatic heterocycles. The zero-order chi connectivity index (χ0) is 29.6. The molecule has 0 aliphatic carbocycles. The number of aliphatic hydroxyl groups is 1. The molecular formula is C33H36ClN3O5. The Hall–Kier alpha value is -3.46. The Labute approximate surface area is 251 Å². The zero-order valence-corrected chi connectivity index (χ0v) is 24.7. The van der Waals surface area contributed by atoms with Crippen molar-refractivity contribution in [3.63, 3.8) is 0 Å². The lowest BCUT2D eigenvalue weighted by atomic mass is 9.73. The summed E-state index contributed by atoms with van der Waals surface area (Å²) in [6.45, 7) is 4.93. The Kier molecular flexibility index (Phi) is 7.50. The van der Waals surface area contributed by atoms with Crippen molar-refractivity contribution in [3.8, 4) is 0 Å². The molecule has 4 heterocycles. The maximum absolute atomic E-state index is 14.6. The normalized spacial score (nSPS) is 30.3. The van der Waals surface area contributed by atoms with Crippen LogP contribution in [0.25, 0.3) is 0 Å². The van der Waals surface area contributed by atoms with Crippen molar-refractivity contribution in [1.29, 1.82) is 0 Å². The zero-order valence-electron chi connectivity index (χ0n) is 23.9. The second kappa shape index (κ2) is 11.0. The van der Waals surface area contributed by atoms with E-state index in [-0.39, 0.29) is 37.4 Å². The fourth-order valence-electron chi connectivity index (χ4n) is 7.40. The molecule has 42 heavy (non-hydrogen) atoms. The van der Waals surface area contributed by atoms with Crippen LogP contribution in [0.5, 0.6) is 0 Å². The minimum Gasteiger partial charge on any atom is -0.396 e. The van der Waals surface area contributed by atoms with Gasteiger partial charge in [0.2, 0.25) is 11.8 Å². The molecule has 2 aromatic rings. The summed E-state index contributed by atoms with van der Waals surface area (Å²) in [5.41, 5.74) is 0.00709. The SMILES string of the molecule is CC[C@]12C=CCN(Cc3ccccc3)C(=O)[C@H]1[C@H]1C(=O)N(CCCO)C3C(=O)N(c4c(C)cccc4Cl)CC=C[C@@]31O2. The number of halogens is 1. The van der Waals surface area contributed by atoms with Crippen LogP contribution in [-0.2, 0) is 25.7 Å². The molecule has 0 saturated carbocycles.